The lowest BCUT2D eigenvalue weighted by Crippen LogP contribution is -2.18. The van der Waals surface area contributed by atoms with Crippen molar-refractivity contribution >= 4 is 39.1 Å². The van der Waals surface area contributed by atoms with Crippen LogP contribution in [0.4, 0.5) is 5.69 Å². The topological polar surface area (TPSA) is 72.7 Å². The van der Waals surface area contributed by atoms with Gasteiger partial charge in [-0.05, 0) is 54.9 Å². The SMILES string of the molecule is CC(=O)Nc1cc2sc(=NC(=O)c3ccc(C)cc3)n(Cc3ccccc3)c2cc1OCCC(C)CC(C)(C)C. The summed E-state index contributed by atoms with van der Waals surface area (Å²) in [5.74, 6) is 0.662. The van der Waals surface area contributed by atoms with E-state index >= 15 is 0 Å². The molecule has 6 nitrogen and oxygen atoms in total. The Labute approximate surface area is 240 Å². The van der Waals surface area contributed by atoms with Gasteiger partial charge < -0.3 is 14.6 Å². The summed E-state index contributed by atoms with van der Waals surface area (Å²) in [7, 11) is 0. The quantitative estimate of drug-likeness (QED) is 0.230. The fraction of sp³-hybridized carbons (Fsp3) is 0.364. The average molecular weight is 558 g/mol. The molecule has 0 bridgehead atoms. The average Bonchev–Trinajstić information content (AvgIpc) is 3.19. The molecular formula is C33H39N3O3S. The number of rotatable bonds is 9. The van der Waals surface area contributed by atoms with Crippen LogP contribution in [0.1, 0.15) is 68.9 Å². The Morgan fingerprint density at radius 2 is 1.75 bits per heavy atom. The summed E-state index contributed by atoms with van der Waals surface area (Å²) in [5, 5.41) is 2.93. The zero-order valence-electron chi connectivity index (χ0n) is 24.3. The first-order valence-electron chi connectivity index (χ1n) is 13.8. The van der Waals surface area contributed by atoms with E-state index in [1.807, 2.05) is 54.0 Å². The molecule has 4 aromatic rings. The minimum atomic E-state index is -0.292. The summed E-state index contributed by atoms with van der Waals surface area (Å²) in [5.41, 5.74) is 4.50. The number of fused-ring (bicyclic) bond motifs is 1. The second-order valence-corrected chi connectivity index (χ2v) is 12.8. The van der Waals surface area contributed by atoms with E-state index in [1.165, 1.54) is 18.3 Å². The monoisotopic (exact) mass is 557 g/mol. The van der Waals surface area contributed by atoms with Crippen molar-refractivity contribution in [1.82, 2.24) is 4.57 Å². The van der Waals surface area contributed by atoms with Crippen LogP contribution in [-0.2, 0) is 11.3 Å². The highest BCUT2D eigenvalue weighted by atomic mass is 32.1. The third-order valence-electron chi connectivity index (χ3n) is 6.60. The number of aryl methyl sites for hydroxylation is 1. The normalized spacial score (nSPS) is 12.9. The summed E-state index contributed by atoms with van der Waals surface area (Å²) < 4.78 is 9.24. The van der Waals surface area contributed by atoms with Crippen molar-refractivity contribution in [1.29, 1.82) is 0 Å². The Balaban J connectivity index is 1.76. The van der Waals surface area contributed by atoms with Gasteiger partial charge in [0.25, 0.3) is 5.91 Å². The number of anilines is 1. The van der Waals surface area contributed by atoms with Crippen LogP contribution in [0.5, 0.6) is 5.75 Å². The van der Waals surface area contributed by atoms with Crippen molar-refractivity contribution in [3.05, 3.63) is 88.2 Å². The largest absolute Gasteiger partial charge is 0.491 e. The van der Waals surface area contributed by atoms with E-state index in [0.717, 1.165) is 34.2 Å². The van der Waals surface area contributed by atoms with Crippen LogP contribution in [0.3, 0.4) is 0 Å². The number of amides is 2. The summed E-state index contributed by atoms with van der Waals surface area (Å²) in [6, 6.07) is 21.4. The third-order valence-corrected chi connectivity index (χ3v) is 7.64. The van der Waals surface area contributed by atoms with Crippen LogP contribution in [0.15, 0.2) is 71.7 Å². The number of hydrogen-bond donors (Lipinski definition) is 1. The molecule has 0 aliphatic rings. The summed E-state index contributed by atoms with van der Waals surface area (Å²) in [6.45, 7) is 13.6. The molecule has 2 amide bonds. The lowest BCUT2D eigenvalue weighted by molar-refractivity contribution is -0.114. The van der Waals surface area contributed by atoms with Crippen LogP contribution in [0, 0.1) is 18.3 Å². The Morgan fingerprint density at radius 1 is 1.05 bits per heavy atom. The predicted molar refractivity (Wildman–Crippen MR) is 164 cm³/mol. The van der Waals surface area contributed by atoms with E-state index in [1.54, 1.807) is 12.1 Å². The fourth-order valence-corrected chi connectivity index (χ4v) is 5.92. The molecule has 0 saturated carbocycles. The Bertz CT molecular complexity index is 1540. The predicted octanol–water partition coefficient (Wildman–Crippen LogP) is 7.60. The highest BCUT2D eigenvalue weighted by Gasteiger charge is 2.18. The van der Waals surface area contributed by atoms with Crippen LogP contribution in [-0.4, -0.2) is 23.0 Å². The fourth-order valence-electron chi connectivity index (χ4n) is 4.87. The van der Waals surface area contributed by atoms with Gasteiger partial charge in [0, 0.05) is 18.6 Å². The lowest BCUT2D eigenvalue weighted by Gasteiger charge is -2.23. The first-order valence-corrected chi connectivity index (χ1v) is 14.6. The summed E-state index contributed by atoms with van der Waals surface area (Å²) >= 11 is 1.42. The molecule has 210 valence electrons. The molecule has 4 rings (SSSR count). The van der Waals surface area contributed by atoms with E-state index in [9.17, 15) is 9.59 Å². The standard InChI is InChI=1S/C33H39N3O3S/c1-22-12-14-26(15-13-22)31(38)35-32-36(21-25-10-8-7-9-11-25)28-19-29(27(34-24(3)37)18-30(28)40-32)39-17-16-23(2)20-33(4,5)6/h7-15,18-19,23H,16-17,20-21H2,1-6H3,(H,34,37). The molecule has 3 aromatic carbocycles. The van der Waals surface area contributed by atoms with E-state index in [4.69, 9.17) is 4.74 Å². The van der Waals surface area contributed by atoms with Crippen LogP contribution in [0.2, 0.25) is 0 Å². The molecule has 0 fully saturated rings. The number of aromatic nitrogens is 1. The van der Waals surface area contributed by atoms with Crippen molar-refractivity contribution in [2.75, 3.05) is 11.9 Å². The molecular weight excluding hydrogens is 518 g/mol. The molecule has 1 N–H and O–H groups in total. The first-order chi connectivity index (χ1) is 19.0. The Morgan fingerprint density at radius 3 is 2.40 bits per heavy atom. The van der Waals surface area contributed by atoms with Gasteiger partial charge in [0.2, 0.25) is 5.91 Å². The molecule has 0 saturated heterocycles. The number of benzene rings is 3. The van der Waals surface area contributed by atoms with Crippen molar-refractivity contribution in [2.24, 2.45) is 16.3 Å². The lowest BCUT2D eigenvalue weighted by atomic mass is 9.84. The van der Waals surface area contributed by atoms with Gasteiger partial charge in [-0.2, -0.15) is 4.99 Å². The van der Waals surface area contributed by atoms with Crippen molar-refractivity contribution in [2.45, 2.75) is 60.9 Å². The van der Waals surface area contributed by atoms with Gasteiger partial charge in [0.1, 0.15) is 5.75 Å². The van der Waals surface area contributed by atoms with E-state index < -0.39 is 0 Å². The van der Waals surface area contributed by atoms with Crippen molar-refractivity contribution in [3.63, 3.8) is 0 Å². The summed E-state index contributed by atoms with van der Waals surface area (Å²) in [4.78, 5) is 30.3. The van der Waals surface area contributed by atoms with Gasteiger partial charge in [-0.3, -0.25) is 9.59 Å². The van der Waals surface area contributed by atoms with E-state index in [0.29, 0.717) is 40.9 Å². The second-order valence-electron chi connectivity index (χ2n) is 11.7. The Hall–Kier alpha value is -3.71. The maximum absolute atomic E-state index is 13.1. The van der Waals surface area contributed by atoms with Gasteiger partial charge in [-0.1, -0.05) is 87.1 Å². The number of ether oxygens (including phenoxy) is 1. The number of carbonyl (C=O) groups is 2. The Kier molecular flexibility index (Phi) is 9.25. The smallest absolute Gasteiger partial charge is 0.279 e. The number of nitrogens with one attached hydrogen (secondary N) is 1. The van der Waals surface area contributed by atoms with Gasteiger partial charge in [0.05, 0.1) is 29.1 Å². The van der Waals surface area contributed by atoms with Crippen LogP contribution >= 0.6 is 11.3 Å². The molecule has 1 aromatic heterocycles. The number of carbonyl (C=O) groups excluding carboxylic acids is 2. The number of thiazole rings is 1. The zero-order valence-corrected chi connectivity index (χ0v) is 25.1. The minimum Gasteiger partial charge on any atom is -0.491 e. The third kappa shape index (κ3) is 7.92. The van der Waals surface area contributed by atoms with Crippen molar-refractivity contribution < 1.29 is 14.3 Å². The van der Waals surface area contributed by atoms with Gasteiger partial charge in [-0.15, -0.1) is 0 Å². The molecule has 1 unspecified atom stereocenters. The molecule has 0 aliphatic carbocycles. The minimum absolute atomic E-state index is 0.168. The first kappa shape index (κ1) is 29.3. The van der Waals surface area contributed by atoms with E-state index in [2.05, 4.69) is 50.1 Å². The molecule has 1 atom stereocenters. The van der Waals surface area contributed by atoms with Crippen LogP contribution in [0.25, 0.3) is 10.2 Å². The molecule has 0 aliphatic heterocycles. The maximum atomic E-state index is 13.1. The summed E-state index contributed by atoms with van der Waals surface area (Å²) in [6.07, 6.45) is 2.02. The molecule has 7 heteroatoms. The highest BCUT2D eigenvalue weighted by molar-refractivity contribution is 7.16. The van der Waals surface area contributed by atoms with Gasteiger partial charge in [0.15, 0.2) is 4.80 Å². The zero-order chi connectivity index (χ0) is 28.9. The molecule has 0 spiro atoms. The molecule has 1 heterocycles. The second kappa shape index (κ2) is 12.6. The number of nitrogens with zero attached hydrogens (tertiary/aromatic N) is 2. The van der Waals surface area contributed by atoms with Gasteiger partial charge in [-0.25, -0.2) is 0 Å². The highest BCUT2D eigenvalue weighted by Crippen LogP contribution is 2.33. The molecule has 40 heavy (non-hydrogen) atoms. The van der Waals surface area contributed by atoms with Gasteiger partial charge >= 0.3 is 0 Å². The number of hydrogen-bond acceptors (Lipinski definition) is 4. The van der Waals surface area contributed by atoms with Crippen LogP contribution < -0.4 is 14.9 Å². The molecule has 0 radical (unpaired) electrons. The maximum Gasteiger partial charge on any atom is 0.279 e. The van der Waals surface area contributed by atoms with E-state index in [-0.39, 0.29) is 17.2 Å². The van der Waals surface area contributed by atoms with Crippen molar-refractivity contribution in [3.8, 4) is 5.75 Å².